The first-order chi connectivity index (χ1) is 31.7. The molecule has 2 aliphatic rings. The molecule has 64 heavy (non-hydrogen) atoms. The third-order valence-corrected chi connectivity index (χ3v) is 11.5. The fourth-order valence-electron chi connectivity index (χ4n) is 8.33. The summed E-state index contributed by atoms with van der Waals surface area (Å²) in [5.41, 5.74) is 10.2. The van der Waals surface area contributed by atoms with Crippen molar-refractivity contribution >= 4 is 57.9 Å². The minimum Gasteiger partial charge on any atom is -0.453 e. The average Bonchev–Trinajstić information content (AvgIpc) is 3.35. The Labute approximate surface area is 375 Å². The van der Waals surface area contributed by atoms with Crippen LogP contribution in [0.3, 0.4) is 0 Å². The van der Waals surface area contributed by atoms with Crippen LogP contribution in [0.15, 0.2) is 216 Å². The van der Waals surface area contributed by atoms with Gasteiger partial charge in [0.1, 0.15) is 0 Å². The lowest BCUT2D eigenvalue weighted by atomic mass is 10.1. The molecule has 10 rings (SSSR count). The van der Waals surface area contributed by atoms with E-state index in [0.717, 1.165) is 118 Å². The number of rotatable bonds is 15. The van der Waals surface area contributed by atoms with Gasteiger partial charge in [0.2, 0.25) is 0 Å². The Morgan fingerprint density at radius 1 is 0.344 bits per heavy atom. The van der Waals surface area contributed by atoms with Gasteiger partial charge in [-0.1, -0.05) is 122 Å². The molecule has 0 aliphatic carbocycles. The maximum atomic E-state index is 6.52. The zero-order valence-corrected chi connectivity index (χ0v) is 35.5. The Morgan fingerprint density at radius 2 is 0.672 bits per heavy atom. The summed E-state index contributed by atoms with van der Waals surface area (Å²) < 4.78 is 13.0. The average molecular weight is 837 g/mol. The smallest absolute Gasteiger partial charge is 0.151 e. The zero-order valence-electron chi connectivity index (χ0n) is 35.5. The molecule has 0 bridgehead atoms. The predicted molar refractivity (Wildman–Crippen MR) is 264 cm³/mol. The van der Waals surface area contributed by atoms with E-state index in [2.05, 4.69) is 131 Å². The standard InChI is InChI=1S/C56H48N6O2/c1(19-37-59-49-29-15-17-31-53(49)63-55-39-43(33-35-51(55)59)41-57-61(45-21-7-3-8-22-45)46-23-9-4-10-24-46)2-20-38-60-50-30-16-18-32-54(50)64-56-40-44(34-36-52(56)60)42-58-62(47-25-11-5-12-26-47)48-27-13-6-14-28-48/h3-18,21-36,39-42H,1-2,19-20,37-38H2. The van der Waals surface area contributed by atoms with Crippen LogP contribution in [0, 0.1) is 0 Å². The minimum absolute atomic E-state index is 0.831. The summed E-state index contributed by atoms with van der Waals surface area (Å²) in [6.45, 7) is 1.77. The number of para-hydroxylation sites is 8. The van der Waals surface area contributed by atoms with Gasteiger partial charge >= 0.3 is 0 Å². The van der Waals surface area contributed by atoms with E-state index in [1.807, 2.05) is 107 Å². The molecule has 314 valence electrons. The molecular formula is C56H48N6O2. The summed E-state index contributed by atoms with van der Waals surface area (Å²) in [4.78, 5) is 4.81. The van der Waals surface area contributed by atoms with Crippen LogP contribution >= 0.6 is 0 Å². The number of nitrogens with zero attached hydrogens (tertiary/aromatic N) is 6. The quantitative estimate of drug-likeness (QED) is 0.0582. The van der Waals surface area contributed by atoms with Crippen molar-refractivity contribution in [2.24, 2.45) is 10.2 Å². The molecule has 0 saturated carbocycles. The molecule has 0 radical (unpaired) electrons. The fraction of sp³-hybridized carbons (Fsp3) is 0.107. The van der Waals surface area contributed by atoms with Crippen molar-refractivity contribution in [3.63, 3.8) is 0 Å². The van der Waals surface area contributed by atoms with E-state index in [1.54, 1.807) is 0 Å². The molecule has 0 N–H and O–H groups in total. The Morgan fingerprint density at radius 3 is 1.05 bits per heavy atom. The molecule has 2 heterocycles. The number of ether oxygens (including phenoxy) is 2. The van der Waals surface area contributed by atoms with Crippen LogP contribution < -0.4 is 29.3 Å². The number of benzene rings is 8. The lowest BCUT2D eigenvalue weighted by Crippen LogP contribution is -2.23. The van der Waals surface area contributed by atoms with Gasteiger partial charge in [-0.05, 0) is 121 Å². The van der Waals surface area contributed by atoms with Gasteiger partial charge in [0, 0.05) is 13.1 Å². The molecule has 0 unspecified atom stereocenters. The molecule has 0 spiro atoms. The van der Waals surface area contributed by atoms with Crippen molar-refractivity contribution in [2.45, 2.75) is 25.7 Å². The molecule has 0 amide bonds. The summed E-state index contributed by atoms with van der Waals surface area (Å²) in [7, 11) is 0. The number of hydrogen-bond acceptors (Lipinski definition) is 8. The normalized spacial score (nSPS) is 12.5. The molecule has 8 aromatic rings. The van der Waals surface area contributed by atoms with E-state index in [9.17, 15) is 0 Å². The van der Waals surface area contributed by atoms with E-state index >= 15 is 0 Å². The highest BCUT2D eigenvalue weighted by molar-refractivity contribution is 5.88. The van der Waals surface area contributed by atoms with Gasteiger partial charge in [0.05, 0.1) is 57.9 Å². The van der Waals surface area contributed by atoms with Crippen LogP contribution in [0.2, 0.25) is 0 Å². The van der Waals surface area contributed by atoms with Crippen molar-refractivity contribution in [1.82, 2.24) is 0 Å². The van der Waals surface area contributed by atoms with Crippen LogP contribution in [0.5, 0.6) is 23.0 Å². The molecule has 2 aliphatic heterocycles. The summed E-state index contributed by atoms with van der Waals surface area (Å²) in [5.74, 6) is 3.39. The van der Waals surface area contributed by atoms with Crippen molar-refractivity contribution < 1.29 is 9.47 Å². The third-order valence-electron chi connectivity index (χ3n) is 11.5. The number of anilines is 8. The summed E-state index contributed by atoms with van der Waals surface area (Å²) >= 11 is 0. The van der Waals surface area contributed by atoms with Gasteiger partial charge in [-0.15, -0.1) is 0 Å². The highest BCUT2D eigenvalue weighted by Gasteiger charge is 2.26. The van der Waals surface area contributed by atoms with Crippen LogP contribution in [-0.4, -0.2) is 25.5 Å². The van der Waals surface area contributed by atoms with Crippen molar-refractivity contribution in [2.75, 3.05) is 32.9 Å². The lowest BCUT2D eigenvalue weighted by Gasteiger charge is -2.33. The van der Waals surface area contributed by atoms with Crippen molar-refractivity contribution in [3.05, 3.63) is 217 Å². The second-order valence-corrected chi connectivity index (χ2v) is 15.8. The van der Waals surface area contributed by atoms with Crippen molar-refractivity contribution in [3.8, 4) is 23.0 Å². The minimum atomic E-state index is 0.831. The summed E-state index contributed by atoms with van der Waals surface area (Å²) in [6.07, 6.45) is 8.09. The van der Waals surface area contributed by atoms with Gasteiger partial charge < -0.3 is 19.3 Å². The number of fused-ring (bicyclic) bond motifs is 4. The SMILES string of the molecule is C(=NN(c1ccccc1)c1ccccc1)c1ccc2c(c1)Oc1ccccc1N2CCCCCCN1c2ccccc2Oc2cc(C=NN(c3ccccc3)c3ccccc3)ccc21. The van der Waals surface area contributed by atoms with E-state index < -0.39 is 0 Å². The van der Waals surface area contributed by atoms with Crippen LogP contribution in [-0.2, 0) is 0 Å². The second-order valence-electron chi connectivity index (χ2n) is 15.8. The summed E-state index contributed by atoms with van der Waals surface area (Å²) in [5, 5.41) is 13.8. The van der Waals surface area contributed by atoms with Gasteiger partial charge in [-0.2, -0.15) is 10.2 Å². The molecule has 8 nitrogen and oxygen atoms in total. The largest absolute Gasteiger partial charge is 0.453 e. The van der Waals surface area contributed by atoms with E-state index in [1.165, 1.54) is 0 Å². The summed E-state index contributed by atoms with van der Waals surface area (Å²) in [6, 6.07) is 70.2. The van der Waals surface area contributed by atoms with Gasteiger partial charge in [-0.25, -0.2) is 10.0 Å². The van der Waals surface area contributed by atoms with Crippen LogP contribution in [0.4, 0.5) is 45.5 Å². The first kappa shape index (κ1) is 40.0. The van der Waals surface area contributed by atoms with E-state index in [-0.39, 0.29) is 0 Å². The van der Waals surface area contributed by atoms with Crippen molar-refractivity contribution in [1.29, 1.82) is 0 Å². The highest BCUT2D eigenvalue weighted by Crippen LogP contribution is 2.48. The van der Waals surface area contributed by atoms with E-state index in [4.69, 9.17) is 19.7 Å². The van der Waals surface area contributed by atoms with Gasteiger partial charge in [0.15, 0.2) is 23.0 Å². The topological polar surface area (TPSA) is 56.1 Å². The first-order valence-electron chi connectivity index (χ1n) is 22.0. The third kappa shape index (κ3) is 8.80. The molecule has 8 aromatic carbocycles. The molecule has 8 heteroatoms. The number of hydrogen-bond donors (Lipinski definition) is 0. The predicted octanol–water partition coefficient (Wildman–Crippen LogP) is 14.8. The molecule has 0 atom stereocenters. The fourth-order valence-corrected chi connectivity index (χ4v) is 8.33. The number of hydrazone groups is 2. The molecule has 0 fully saturated rings. The Kier molecular flexibility index (Phi) is 11.8. The Bertz CT molecular complexity index is 2600. The second kappa shape index (κ2) is 18.9. The van der Waals surface area contributed by atoms with Gasteiger partial charge in [0.25, 0.3) is 0 Å². The molecular weight excluding hydrogens is 789 g/mol. The number of unbranched alkanes of at least 4 members (excludes halogenated alkanes) is 3. The molecule has 0 aromatic heterocycles. The molecule has 0 saturated heterocycles. The lowest BCUT2D eigenvalue weighted by molar-refractivity contribution is 0.470. The Balaban J connectivity index is 0.803. The first-order valence-corrected chi connectivity index (χ1v) is 22.0. The van der Waals surface area contributed by atoms with Gasteiger partial charge in [-0.3, -0.25) is 0 Å². The monoisotopic (exact) mass is 836 g/mol. The highest BCUT2D eigenvalue weighted by atomic mass is 16.5. The maximum Gasteiger partial charge on any atom is 0.151 e. The van der Waals surface area contributed by atoms with Crippen LogP contribution in [0.25, 0.3) is 0 Å². The van der Waals surface area contributed by atoms with E-state index in [0.29, 0.717) is 0 Å². The zero-order chi connectivity index (χ0) is 42.9. The Hall–Kier alpha value is -8.10. The van der Waals surface area contributed by atoms with Crippen LogP contribution in [0.1, 0.15) is 36.8 Å². The maximum absolute atomic E-state index is 6.52.